The van der Waals surface area contributed by atoms with Crippen molar-refractivity contribution in [3.8, 4) is 5.75 Å². The van der Waals surface area contributed by atoms with Crippen LogP contribution in [-0.4, -0.2) is 48.0 Å². The molecule has 1 spiro atoms. The van der Waals surface area contributed by atoms with Crippen LogP contribution < -0.4 is 4.74 Å². The molecule has 3 aliphatic heterocycles. The van der Waals surface area contributed by atoms with Crippen LogP contribution in [0.15, 0.2) is 18.2 Å². The number of carbonyl (C=O) groups excluding carboxylic acids is 2. The number of methoxy groups -OCH3 is 1. The van der Waals surface area contributed by atoms with E-state index < -0.39 is 5.60 Å². The molecule has 3 heterocycles. The van der Waals surface area contributed by atoms with Crippen molar-refractivity contribution in [2.45, 2.75) is 56.7 Å². The predicted molar refractivity (Wildman–Crippen MR) is 88.3 cm³/mol. The molecule has 0 aromatic heterocycles. The number of ketones is 1. The van der Waals surface area contributed by atoms with Crippen LogP contribution in [0.5, 0.6) is 5.75 Å². The van der Waals surface area contributed by atoms with Gasteiger partial charge < -0.3 is 14.4 Å². The van der Waals surface area contributed by atoms with Gasteiger partial charge in [-0.25, -0.2) is 0 Å². The fraction of sp³-hybridized carbons (Fsp3) is 0.579. The highest BCUT2D eigenvalue weighted by Crippen LogP contribution is 2.51. The zero-order valence-corrected chi connectivity index (χ0v) is 14.2. The van der Waals surface area contributed by atoms with Crippen LogP contribution in [0.25, 0.3) is 0 Å². The SMILES string of the molecule is COCCC(=O)N1[C@@H]2CC[C@H]1[C@]1(CC(=O)c3cc(C)ccc3O1)C2. The largest absolute Gasteiger partial charge is 0.484 e. The number of ether oxygens (including phenoxy) is 2. The molecule has 2 fully saturated rings. The summed E-state index contributed by atoms with van der Waals surface area (Å²) in [6, 6.07) is 5.97. The minimum atomic E-state index is -0.537. The first kappa shape index (κ1) is 15.6. The van der Waals surface area contributed by atoms with E-state index in [4.69, 9.17) is 9.47 Å². The Kier molecular flexibility index (Phi) is 3.64. The molecule has 2 saturated heterocycles. The van der Waals surface area contributed by atoms with Crippen molar-refractivity contribution in [1.29, 1.82) is 0 Å². The van der Waals surface area contributed by atoms with Crippen molar-refractivity contribution >= 4 is 11.7 Å². The quantitative estimate of drug-likeness (QED) is 0.855. The normalized spacial score (nSPS) is 30.6. The summed E-state index contributed by atoms with van der Waals surface area (Å²) in [6.45, 7) is 2.41. The lowest BCUT2D eigenvalue weighted by Crippen LogP contribution is -2.52. The van der Waals surface area contributed by atoms with E-state index >= 15 is 0 Å². The zero-order chi connectivity index (χ0) is 16.9. The highest BCUT2D eigenvalue weighted by molar-refractivity contribution is 6.00. The molecular formula is C19H23NO4. The second-order valence-corrected chi connectivity index (χ2v) is 7.26. The van der Waals surface area contributed by atoms with E-state index in [2.05, 4.69) is 0 Å². The molecule has 0 aliphatic carbocycles. The van der Waals surface area contributed by atoms with Crippen molar-refractivity contribution in [2.75, 3.05) is 13.7 Å². The molecule has 1 amide bonds. The Morgan fingerprint density at radius 1 is 1.42 bits per heavy atom. The molecule has 128 valence electrons. The Morgan fingerprint density at radius 3 is 3.04 bits per heavy atom. The molecule has 3 aliphatic rings. The van der Waals surface area contributed by atoms with Gasteiger partial charge in [-0.15, -0.1) is 0 Å². The summed E-state index contributed by atoms with van der Waals surface area (Å²) >= 11 is 0. The molecule has 5 nitrogen and oxygen atoms in total. The van der Waals surface area contributed by atoms with Gasteiger partial charge >= 0.3 is 0 Å². The molecule has 1 aromatic carbocycles. The van der Waals surface area contributed by atoms with E-state index in [1.807, 2.05) is 30.0 Å². The summed E-state index contributed by atoms with van der Waals surface area (Å²) in [7, 11) is 1.61. The number of carbonyl (C=O) groups is 2. The summed E-state index contributed by atoms with van der Waals surface area (Å²) < 4.78 is 11.4. The molecule has 0 radical (unpaired) electrons. The third-order valence-corrected chi connectivity index (χ3v) is 5.71. The fourth-order valence-electron chi connectivity index (χ4n) is 4.70. The number of hydrogen-bond acceptors (Lipinski definition) is 4. The number of hydrogen-bond donors (Lipinski definition) is 0. The second kappa shape index (κ2) is 5.59. The maximum atomic E-state index is 12.7. The zero-order valence-electron chi connectivity index (χ0n) is 14.2. The van der Waals surface area contributed by atoms with E-state index in [1.165, 1.54) is 0 Å². The fourth-order valence-corrected chi connectivity index (χ4v) is 4.70. The van der Waals surface area contributed by atoms with E-state index in [0.29, 0.717) is 30.8 Å². The third-order valence-electron chi connectivity index (χ3n) is 5.71. The van der Waals surface area contributed by atoms with Gasteiger partial charge in [-0.3, -0.25) is 9.59 Å². The number of rotatable bonds is 3. The summed E-state index contributed by atoms with van der Waals surface area (Å²) in [5.41, 5.74) is 1.21. The minimum Gasteiger partial charge on any atom is -0.484 e. The van der Waals surface area contributed by atoms with Crippen LogP contribution >= 0.6 is 0 Å². The van der Waals surface area contributed by atoms with Crippen LogP contribution in [0.1, 0.15) is 48.0 Å². The highest BCUT2D eigenvalue weighted by Gasteiger charge is 2.61. The van der Waals surface area contributed by atoms with E-state index in [9.17, 15) is 9.59 Å². The van der Waals surface area contributed by atoms with Crippen molar-refractivity contribution in [3.63, 3.8) is 0 Å². The number of fused-ring (bicyclic) bond motifs is 4. The van der Waals surface area contributed by atoms with Crippen molar-refractivity contribution in [1.82, 2.24) is 4.90 Å². The van der Waals surface area contributed by atoms with Crippen LogP contribution in [0, 0.1) is 6.92 Å². The van der Waals surface area contributed by atoms with Gasteiger partial charge in [0.15, 0.2) is 5.78 Å². The molecule has 0 unspecified atom stereocenters. The van der Waals surface area contributed by atoms with Gasteiger partial charge in [0.25, 0.3) is 0 Å². The van der Waals surface area contributed by atoms with E-state index in [-0.39, 0.29) is 23.8 Å². The average Bonchev–Trinajstić information content (AvgIpc) is 3.09. The number of aryl methyl sites for hydroxylation is 1. The monoisotopic (exact) mass is 329 g/mol. The van der Waals surface area contributed by atoms with E-state index in [1.54, 1.807) is 7.11 Å². The predicted octanol–water partition coefficient (Wildman–Crippen LogP) is 2.50. The number of amides is 1. The summed E-state index contributed by atoms with van der Waals surface area (Å²) in [5.74, 6) is 0.928. The Morgan fingerprint density at radius 2 is 2.25 bits per heavy atom. The first-order valence-corrected chi connectivity index (χ1v) is 8.67. The highest BCUT2D eigenvalue weighted by atomic mass is 16.5. The molecule has 0 N–H and O–H groups in total. The average molecular weight is 329 g/mol. The van der Waals surface area contributed by atoms with Crippen LogP contribution in [0.4, 0.5) is 0 Å². The lowest BCUT2D eigenvalue weighted by atomic mass is 9.78. The van der Waals surface area contributed by atoms with E-state index in [0.717, 1.165) is 24.8 Å². The van der Waals surface area contributed by atoms with Gasteiger partial charge in [-0.05, 0) is 31.9 Å². The number of benzene rings is 1. The van der Waals surface area contributed by atoms with Crippen LogP contribution in [-0.2, 0) is 9.53 Å². The summed E-state index contributed by atoms with van der Waals surface area (Å²) in [6.07, 6.45) is 3.44. The maximum absolute atomic E-state index is 12.7. The first-order valence-electron chi connectivity index (χ1n) is 8.67. The minimum absolute atomic E-state index is 0.00487. The van der Waals surface area contributed by atoms with Crippen molar-refractivity contribution in [3.05, 3.63) is 29.3 Å². The third kappa shape index (κ3) is 2.25. The van der Waals surface area contributed by atoms with Crippen molar-refractivity contribution in [2.24, 2.45) is 0 Å². The molecule has 2 bridgehead atoms. The van der Waals surface area contributed by atoms with Gasteiger partial charge in [-0.1, -0.05) is 11.6 Å². The Balaban J connectivity index is 1.62. The van der Waals surface area contributed by atoms with Crippen LogP contribution in [0.2, 0.25) is 0 Å². The lowest BCUT2D eigenvalue weighted by molar-refractivity contribution is -0.134. The lowest BCUT2D eigenvalue weighted by Gasteiger charge is -2.40. The Bertz CT molecular complexity index is 701. The Hall–Kier alpha value is -1.88. The smallest absolute Gasteiger partial charge is 0.225 e. The van der Waals surface area contributed by atoms with Gasteiger partial charge in [0.05, 0.1) is 31.1 Å². The molecule has 4 rings (SSSR count). The van der Waals surface area contributed by atoms with Gasteiger partial charge in [0.1, 0.15) is 11.4 Å². The molecule has 1 aromatic rings. The molecule has 0 saturated carbocycles. The molecule has 24 heavy (non-hydrogen) atoms. The Labute approximate surface area is 141 Å². The van der Waals surface area contributed by atoms with Crippen molar-refractivity contribution < 1.29 is 19.1 Å². The number of nitrogens with zero attached hydrogens (tertiary/aromatic N) is 1. The molecule has 5 heteroatoms. The second-order valence-electron chi connectivity index (χ2n) is 7.26. The first-order chi connectivity index (χ1) is 11.5. The number of Topliss-reactive ketones (excluding diaryl/α,β-unsaturated/α-hetero) is 1. The summed E-state index contributed by atoms with van der Waals surface area (Å²) in [4.78, 5) is 27.3. The van der Waals surface area contributed by atoms with Gasteiger partial charge in [0.2, 0.25) is 5.91 Å². The summed E-state index contributed by atoms with van der Waals surface area (Å²) in [5, 5.41) is 0. The van der Waals surface area contributed by atoms with Gasteiger partial charge in [0, 0.05) is 19.6 Å². The maximum Gasteiger partial charge on any atom is 0.225 e. The molecular weight excluding hydrogens is 306 g/mol. The van der Waals surface area contributed by atoms with Gasteiger partial charge in [-0.2, -0.15) is 0 Å². The molecule has 3 atom stereocenters. The topological polar surface area (TPSA) is 55.8 Å². The standard InChI is InChI=1S/C19H23NO4/c1-12-3-5-16-14(9-12)15(21)11-19(24-16)10-13-4-6-17(19)20(13)18(22)7-8-23-2/h3,5,9,13,17H,4,6-8,10-11H2,1-2H3/t13-,17+,19-/m1/s1. The van der Waals surface area contributed by atoms with Crippen LogP contribution in [0.3, 0.4) is 0 Å².